The molecule has 1 aromatic heterocycles. The summed E-state index contributed by atoms with van der Waals surface area (Å²) in [5.74, 6) is 0.214. The predicted molar refractivity (Wildman–Crippen MR) is 112 cm³/mol. The molecular weight excluding hydrogens is 403 g/mol. The van der Waals surface area contributed by atoms with Gasteiger partial charge in [0.2, 0.25) is 17.7 Å². The zero-order chi connectivity index (χ0) is 18.5. The molecule has 28 heavy (non-hydrogen) atoms. The zero-order valence-corrected chi connectivity index (χ0v) is 16.8. The molecule has 1 aliphatic rings. The van der Waals surface area contributed by atoms with Crippen molar-refractivity contribution in [3.8, 4) is 11.6 Å². The Hall–Kier alpha value is -2.35. The smallest absolute Gasteiger partial charge is 0.248 e. The van der Waals surface area contributed by atoms with Gasteiger partial charge in [0, 0.05) is 23.6 Å². The van der Waals surface area contributed by atoms with Gasteiger partial charge in [-0.15, -0.1) is 24.8 Å². The average molecular weight is 427 g/mol. The molecule has 2 amide bonds. The highest BCUT2D eigenvalue weighted by Gasteiger charge is 2.25. The maximum absolute atomic E-state index is 12.3. The highest BCUT2D eigenvalue weighted by atomic mass is 35.5. The number of amides is 2. The maximum Gasteiger partial charge on any atom is 0.248 e. The summed E-state index contributed by atoms with van der Waals surface area (Å²) in [6.07, 6.45) is 5.08. The lowest BCUT2D eigenvalue weighted by atomic mass is 9.85. The molecule has 2 unspecified atom stereocenters. The van der Waals surface area contributed by atoms with Crippen LogP contribution in [0, 0.1) is 5.92 Å². The number of hydrogen-bond acceptors (Lipinski definition) is 5. The fourth-order valence-electron chi connectivity index (χ4n) is 3.06. The summed E-state index contributed by atoms with van der Waals surface area (Å²) in [6.45, 7) is 0. The molecule has 0 radical (unpaired) electrons. The van der Waals surface area contributed by atoms with Crippen LogP contribution in [0.4, 0.5) is 5.69 Å². The van der Waals surface area contributed by atoms with Crippen LogP contribution in [0.25, 0.3) is 0 Å². The molecule has 0 bridgehead atoms. The maximum atomic E-state index is 12.3. The third kappa shape index (κ3) is 6.37. The van der Waals surface area contributed by atoms with E-state index in [1.807, 2.05) is 0 Å². The lowest BCUT2D eigenvalue weighted by molar-refractivity contribution is -0.120. The van der Waals surface area contributed by atoms with Crippen LogP contribution in [0.5, 0.6) is 11.6 Å². The summed E-state index contributed by atoms with van der Waals surface area (Å²) in [4.78, 5) is 27.7. The van der Waals surface area contributed by atoms with Gasteiger partial charge in [-0.1, -0.05) is 12.5 Å². The van der Waals surface area contributed by atoms with Crippen molar-refractivity contribution in [2.45, 2.75) is 31.7 Å². The van der Waals surface area contributed by atoms with Crippen LogP contribution in [0.1, 0.15) is 36.0 Å². The van der Waals surface area contributed by atoms with Gasteiger partial charge in [-0.25, -0.2) is 4.98 Å². The second kappa shape index (κ2) is 10.8. The molecule has 7 nitrogen and oxygen atoms in total. The summed E-state index contributed by atoms with van der Waals surface area (Å²) in [5.41, 5.74) is 12.2. The quantitative estimate of drug-likeness (QED) is 0.677. The molecule has 1 aliphatic carbocycles. The Morgan fingerprint density at radius 2 is 1.93 bits per heavy atom. The van der Waals surface area contributed by atoms with Crippen molar-refractivity contribution in [3.05, 3.63) is 48.2 Å². The fourth-order valence-corrected chi connectivity index (χ4v) is 3.06. The van der Waals surface area contributed by atoms with Gasteiger partial charge in [-0.05, 0) is 43.5 Å². The molecule has 5 N–H and O–H groups in total. The van der Waals surface area contributed by atoms with Crippen LogP contribution in [-0.2, 0) is 4.79 Å². The molecule has 1 heterocycles. The fraction of sp³-hybridized carbons (Fsp3) is 0.316. The average Bonchev–Trinajstić information content (AvgIpc) is 2.63. The number of pyridine rings is 1. The van der Waals surface area contributed by atoms with Gasteiger partial charge in [0.05, 0.1) is 11.9 Å². The Bertz CT molecular complexity index is 802. The second-order valence-corrected chi connectivity index (χ2v) is 6.49. The lowest BCUT2D eigenvalue weighted by Gasteiger charge is -2.25. The highest BCUT2D eigenvalue weighted by Crippen LogP contribution is 2.25. The summed E-state index contributed by atoms with van der Waals surface area (Å²) in [6, 6.07) is 10.0. The SMILES string of the molecule is Cl.Cl.NC(=O)c1cccc(Oc2ccc(NC(=O)C3CCCC(N)C3)cn2)c1. The minimum absolute atomic E-state index is 0. The number of hydrogen-bond donors (Lipinski definition) is 3. The van der Waals surface area contributed by atoms with E-state index >= 15 is 0 Å². The van der Waals surface area contributed by atoms with Gasteiger partial charge in [0.1, 0.15) is 5.75 Å². The Morgan fingerprint density at radius 3 is 2.57 bits per heavy atom. The third-order valence-electron chi connectivity index (χ3n) is 4.43. The van der Waals surface area contributed by atoms with Gasteiger partial charge in [-0.2, -0.15) is 0 Å². The first-order valence-electron chi connectivity index (χ1n) is 8.61. The van der Waals surface area contributed by atoms with E-state index in [0.29, 0.717) is 22.9 Å². The number of nitrogens with zero attached hydrogens (tertiary/aromatic N) is 1. The van der Waals surface area contributed by atoms with Gasteiger partial charge in [-0.3, -0.25) is 9.59 Å². The largest absolute Gasteiger partial charge is 0.439 e. The van der Waals surface area contributed by atoms with Crippen molar-refractivity contribution in [2.75, 3.05) is 5.32 Å². The first-order chi connectivity index (χ1) is 12.5. The molecule has 0 saturated heterocycles. The minimum Gasteiger partial charge on any atom is -0.439 e. The van der Waals surface area contributed by atoms with Crippen molar-refractivity contribution < 1.29 is 14.3 Å². The molecule has 3 rings (SSSR count). The van der Waals surface area contributed by atoms with Crippen LogP contribution in [-0.4, -0.2) is 22.8 Å². The lowest BCUT2D eigenvalue weighted by Crippen LogP contribution is -2.34. The van der Waals surface area contributed by atoms with Crippen LogP contribution >= 0.6 is 24.8 Å². The first kappa shape index (κ1) is 23.7. The van der Waals surface area contributed by atoms with E-state index in [4.69, 9.17) is 16.2 Å². The molecule has 1 fully saturated rings. The highest BCUT2D eigenvalue weighted by molar-refractivity contribution is 5.93. The van der Waals surface area contributed by atoms with Gasteiger partial charge in [0.15, 0.2) is 0 Å². The Balaban J connectivity index is 0.00000196. The number of nitrogens with one attached hydrogen (secondary N) is 1. The summed E-state index contributed by atoms with van der Waals surface area (Å²) in [7, 11) is 0. The zero-order valence-electron chi connectivity index (χ0n) is 15.2. The van der Waals surface area contributed by atoms with E-state index < -0.39 is 5.91 Å². The number of rotatable bonds is 5. The molecule has 152 valence electrons. The molecule has 0 spiro atoms. The van der Waals surface area contributed by atoms with Crippen LogP contribution in [0.2, 0.25) is 0 Å². The number of ether oxygens (including phenoxy) is 1. The van der Waals surface area contributed by atoms with E-state index in [1.165, 1.54) is 6.20 Å². The topological polar surface area (TPSA) is 120 Å². The number of anilines is 1. The summed E-state index contributed by atoms with van der Waals surface area (Å²) < 4.78 is 5.61. The number of halogens is 2. The van der Waals surface area contributed by atoms with E-state index in [-0.39, 0.29) is 42.7 Å². The predicted octanol–water partition coefficient (Wildman–Crippen LogP) is 3.27. The molecule has 1 saturated carbocycles. The molecular formula is C19H24Cl2N4O3. The van der Waals surface area contributed by atoms with Crippen LogP contribution < -0.4 is 21.5 Å². The van der Waals surface area contributed by atoms with E-state index in [2.05, 4.69) is 10.3 Å². The monoisotopic (exact) mass is 426 g/mol. The number of primary amides is 1. The Morgan fingerprint density at radius 1 is 1.14 bits per heavy atom. The van der Waals surface area contributed by atoms with Crippen molar-refractivity contribution in [2.24, 2.45) is 17.4 Å². The third-order valence-corrected chi connectivity index (χ3v) is 4.43. The van der Waals surface area contributed by atoms with Crippen LogP contribution in [0.15, 0.2) is 42.6 Å². The van der Waals surface area contributed by atoms with Crippen molar-refractivity contribution >= 4 is 42.3 Å². The Kier molecular flexibility index (Phi) is 9.18. The van der Waals surface area contributed by atoms with Crippen molar-refractivity contribution in [1.82, 2.24) is 4.98 Å². The molecule has 0 aliphatic heterocycles. The van der Waals surface area contributed by atoms with Gasteiger partial charge >= 0.3 is 0 Å². The summed E-state index contributed by atoms with van der Waals surface area (Å²) in [5, 5.41) is 2.87. The number of carbonyl (C=O) groups is 2. The van der Waals surface area contributed by atoms with Crippen molar-refractivity contribution in [3.63, 3.8) is 0 Å². The minimum atomic E-state index is -0.524. The number of nitrogens with two attached hydrogens (primary N) is 2. The molecule has 1 aromatic carbocycles. The first-order valence-corrected chi connectivity index (χ1v) is 8.61. The number of aromatic nitrogens is 1. The van der Waals surface area contributed by atoms with Crippen molar-refractivity contribution in [1.29, 1.82) is 0 Å². The second-order valence-electron chi connectivity index (χ2n) is 6.49. The van der Waals surface area contributed by atoms with E-state index in [0.717, 1.165) is 25.7 Å². The number of benzene rings is 1. The van der Waals surface area contributed by atoms with Gasteiger partial charge in [0.25, 0.3) is 0 Å². The molecule has 2 aromatic rings. The summed E-state index contributed by atoms with van der Waals surface area (Å²) >= 11 is 0. The van der Waals surface area contributed by atoms with E-state index in [1.54, 1.807) is 36.4 Å². The molecule has 9 heteroatoms. The van der Waals surface area contributed by atoms with Crippen LogP contribution in [0.3, 0.4) is 0 Å². The number of carbonyl (C=O) groups excluding carboxylic acids is 2. The van der Waals surface area contributed by atoms with E-state index in [9.17, 15) is 9.59 Å². The normalized spacial score (nSPS) is 18.2. The Labute approximate surface area is 176 Å². The van der Waals surface area contributed by atoms with Gasteiger partial charge < -0.3 is 21.5 Å². The molecule has 2 atom stereocenters. The standard InChI is InChI=1S/C19H22N4O3.2ClH/c20-14-5-1-4-13(9-14)19(25)23-15-7-8-17(22-11-15)26-16-6-2-3-12(10-16)18(21)24;;/h2-3,6-8,10-11,13-14H,1,4-5,9,20H2,(H2,21,24)(H,23,25);2*1H.